The van der Waals surface area contributed by atoms with Crippen molar-refractivity contribution in [1.29, 1.82) is 0 Å². The van der Waals surface area contributed by atoms with Crippen molar-refractivity contribution in [2.24, 2.45) is 0 Å². The van der Waals surface area contributed by atoms with E-state index in [0.717, 1.165) is 12.1 Å². The van der Waals surface area contributed by atoms with Crippen LogP contribution in [0.2, 0.25) is 5.02 Å². The average molecular weight is 375 g/mol. The summed E-state index contributed by atoms with van der Waals surface area (Å²) < 4.78 is 51.7. The van der Waals surface area contributed by atoms with Gasteiger partial charge in [-0.15, -0.1) is 0 Å². The van der Waals surface area contributed by atoms with E-state index in [1.54, 1.807) is 18.2 Å². The fourth-order valence-electron chi connectivity index (χ4n) is 2.10. The Balaban J connectivity index is 1.82. The molecule has 0 unspecified atom stereocenters. The lowest BCUT2D eigenvalue weighted by atomic mass is 10.2. The highest BCUT2D eigenvalue weighted by molar-refractivity contribution is 6.31. The number of carbonyl (C=O) groups excluding carboxylic acids is 1. The Morgan fingerprint density at radius 3 is 2.52 bits per heavy atom. The van der Waals surface area contributed by atoms with E-state index in [9.17, 15) is 22.4 Å². The van der Waals surface area contributed by atoms with Crippen molar-refractivity contribution in [3.63, 3.8) is 0 Å². The summed E-state index contributed by atoms with van der Waals surface area (Å²) >= 11 is 5.54. The Kier molecular flexibility index (Phi) is 6.25. The van der Waals surface area contributed by atoms with Crippen LogP contribution in [0.1, 0.15) is 17.5 Å². The number of amides is 1. The van der Waals surface area contributed by atoms with Gasteiger partial charge in [0.2, 0.25) is 5.91 Å². The summed E-state index contributed by atoms with van der Waals surface area (Å²) in [5.74, 6) is -0.762. The summed E-state index contributed by atoms with van der Waals surface area (Å²) in [5, 5.41) is 4.89. The van der Waals surface area contributed by atoms with Gasteiger partial charge in [0.25, 0.3) is 0 Å². The summed E-state index contributed by atoms with van der Waals surface area (Å²) in [5.41, 5.74) is -0.377. The number of hydrogen-bond acceptors (Lipinski definition) is 2. The fraction of sp³-hybridized carbons (Fsp3) is 0.235. The van der Waals surface area contributed by atoms with Crippen LogP contribution in [0.5, 0.6) is 0 Å². The van der Waals surface area contributed by atoms with Crippen molar-refractivity contribution in [1.82, 2.24) is 5.32 Å². The van der Waals surface area contributed by atoms with Crippen molar-refractivity contribution in [3.8, 4) is 0 Å². The van der Waals surface area contributed by atoms with Crippen LogP contribution in [0.25, 0.3) is 0 Å². The molecule has 3 nitrogen and oxygen atoms in total. The molecule has 0 aliphatic rings. The molecule has 2 aromatic rings. The third-order valence-electron chi connectivity index (χ3n) is 3.39. The van der Waals surface area contributed by atoms with E-state index in [2.05, 4.69) is 10.6 Å². The van der Waals surface area contributed by atoms with E-state index in [0.29, 0.717) is 5.56 Å². The molecule has 0 aliphatic carbocycles. The molecule has 8 heteroatoms. The first-order chi connectivity index (χ1) is 11.8. The predicted octanol–water partition coefficient (Wildman–Crippen LogP) is 4.62. The molecule has 0 saturated carbocycles. The average Bonchev–Trinajstić information content (AvgIpc) is 2.54. The Hall–Kier alpha value is -2.28. The number of benzene rings is 2. The number of carbonyl (C=O) groups is 1. The molecule has 0 fully saturated rings. The highest BCUT2D eigenvalue weighted by Crippen LogP contribution is 2.36. The quantitative estimate of drug-likeness (QED) is 0.725. The molecule has 0 aromatic heterocycles. The molecule has 0 saturated heterocycles. The van der Waals surface area contributed by atoms with Crippen LogP contribution in [0, 0.1) is 5.82 Å². The first-order valence-electron chi connectivity index (χ1n) is 7.38. The topological polar surface area (TPSA) is 41.1 Å². The third kappa shape index (κ3) is 5.63. The number of nitrogens with one attached hydrogen (secondary N) is 2. The third-order valence-corrected chi connectivity index (χ3v) is 3.72. The lowest BCUT2D eigenvalue weighted by Gasteiger charge is -2.12. The van der Waals surface area contributed by atoms with Gasteiger partial charge in [-0.05, 0) is 24.3 Å². The van der Waals surface area contributed by atoms with E-state index in [4.69, 9.17) is 11.6 Å². The molecule has 2 rings (SSSR count). The first-order valence-corrected chi connectivity index (χ1v) is 7.76. The summed E-state index contributed by atoms with van der Waals surface area (Å²) in [7, 11) is 0. The van der Waals surface area contributed by atoms with Gasteiger partial charge in [-0.25, -0.2) is 4.39 Å². The summed E-state index contributed by atoms with van der Waals surface area (Å²) in [6, 6.07) is 9.48. The number of rotatable bonds is 6. The largest absolute Gasteiger partial charge is 0.417 e. The molecule has 0 aliphatic heterocycles. The Bertz CT molecular complexity index is 750. The zero-order valence-electron chi connectivity index (χ0n) is 13.0. The molecule has 0 atom stereocenters. The monoisotopic (exact) mass is 374 g/mol. The van der Waals surface area contributed by atoms with Crippen LogP contribution in [-0.4, -0.2) is 12.5 Å². The smallest absolute Gasteiger partial charge is 0.385 e. The maximum atomic E-state index is 13.4. The molecule has 2 aromatic carbocycles. The van der Waals surface area contributed by atoms with Crippen LogP contribution >= 0.6 is 11.6 Å². The SMILES string of the molecule is O=C(CCNc1ccc(Cl)c(C(F)(F)F)c1)NCc1ccccc1F. The molecular weight excluding hydrogens is 360 g/mol. The van der Waals surface area contributed by atoms with Crippen molar-refractivity contribution >= 4 is 23.2 Å². The van der Waals surface area contributed by atoms with E-state index in [1.807, 2.05) is 0 Å². The van der Waals surface area contributed by atoms with Crippen LogP contribution in [0.15, 0.2) is 42.5 Å². The molecule has 0 radical (unpaired) electrons. The molecule has 0 heterocycles. The second kappa shape index (κ2) is 8.20. The molecule has 0 spiro atoms. The van der Waals surface area contributed by atoms with Crippen LogP contribution in [0.3, 0.4) is 0 Å². The second-order valence-corrected chi connectivity index (χ2v) is 5.64. The van der Waals surface area contributed by atoms with E-state index >= 15 is 0 Å². The zero-order valence-corrected chi connectivity index (χ0v) is 13.7. The minimum atomic E-state index is -4.55. The van der Waals surface area contributed by atoms with Crippen molar-refractivity contribution in [2.45, 2.75) is 19.1 Å². The minimum absolute atomic E-state index is 0.0262. The molecular formula is C17H15ClF4N2O. The highest BCUT2D eigenvalue weighted by atomic mass is 35.5. The van der Waals surface area contributed by atoms with Crippen LogP contribution in [0.4, 0.5) is 23.2 Å². The van der Waals surface area contributed by atoms with Gasteiger partial charge in [0, 0.05) is 30.8 Å². The zero-order chi connectivity index (χ0) is 18.4. The number of alkyl halides is 3. The van der Waals surface area contributed by atoms with Gasteiger partial charge in [0.1, 0.15) is 5.82 Å². The maximum absolute atomic E-state index is 13.4. The Morgan fingerprint density at radius 2 is 1.84 bits per heavy atom. The van der Waals surface area contributed by atoms with Crippen LogP contribution < -0.4 is 10.6 Å². The van der Waals surface area contributed by atoms with Gasteiger partial charge in [-0.1, -0.05) is 29.8 Å². The van der Waals surface area contributed by atoms with Crippen molar-refractivity contribution < 1.29 is 22.4 Å². The summed E-state index contributed by atoms with van der Waals surface area (Å²) in [4.78, 5) is 11.7. The van der Waals surface area contributed by atoms with Crippen molar-refractivity contribution in [3.05, 3.63) is 64.4 Å². The lowest BCUT2D eigenvalue weighted by molar-refractivity contribution is -0.137. The number of anilines is 1. The standard InChI is InChI=1S/C17H15ClF4N2O/c18-14-6-5-12(9-13(14)17(20,21)22)23-8-7-16(25)24-10-11-3-1-2-4-15(11)19/h1-6,9,23H,7-8,10H2,(H,24,25). The number of hydrogen-bond donors (Lipinski definition) is 2. The second-order valence-electron chi connectivity index (χ2n) is 5.24. The molecule has 25 heavy (non-hydrogen) atoms. The van der Waals surface area contributed by atoms with Gasteiger partial charge in [-0.2, -0.15) is 13.2 Å². The van der Waals surface area contributed by atoms with E-state index < -0.39 is 17.6 Å². The van der Waals surface area contributed by atoms with Crippen LogP contribution in [-0.2, 0) is 17.5 Å². The summed E-state index contributed by atoms with van der Waals surface area (Å²) in [6.45, 7) is 0.173. The van der Waals surface area contributed by atoms with Crippen molar-refractivity contribution in [2.75, 3.05) is 11.9 Å². The molecule has 134 valence electrons. The predicted molar refractivity (Wildman–Crippen MR) is 87.8 cm³/mol. The minimum Gasteiger partial charge on any atom is -0.385 e. The Morgan fingerprint density at radius 1 is 1.12 bits per heavy atom. The van der Waals surface area contributed by atoms with Gasteiger partial charge in [0.15, 0.2) is 0 Å². The number of halogens is 5. The molecule has 1 amide bonds. The first kappa shape index (κ1) is 19.1. The van der Waals surface area contributed by atoms with Gasteiger partial charge in [0.05, 0.1) is 10.6 Å². The highest BCUT2D eigenvalue weighted by Gasteiger charge is 2.33. The van der Waals surface area contributed by atoms with Gasteiger partial charge >= 0.3 is 6.18 Å². The fourth-order valence-corrected chi connectivity index (χ4v) is 2.32. The van der Waals surface area contributed by atoms with Gasteiger partial charge < -0.3 is 10.6 Å². The summed E-state index contributed by atoms with van der Waals surface area (Å²) in [6.07, 6.45) is -4.52. The Labute approximate surface area is 147 Å². The molecule has 0 bridgehead atoms. The lowest BCUT2D eigenvalue weighted by Crippen LogP contribution is -2.25. The van der Waals surface area contributed by atoms with E-state index in [1.165, 1.54) is 12.1 Å². The molecule has 2 N–H and O–H groups in total. The maximum Gasteiger partial charge on any atom is 0.417 e. The van der Waals surface area contributed by atoms with Gasteiger partial charge in [-0.3, -0.25) is 4.79 Å². The normalized spacial score (nSPS) is 11.2. The van der Waals surface area contributed by atoms with E-state index in [-0.39, 0.29) is 36.1 Å².